The lowest BCUT2D eigenvalue weighted by molar-refractivity contribution is -0.120. The highest BCUT2D eigenvalue weighted by Gasteiger charge is 2.09. The Morgan fingerprint density at radius 2 is 1.79 bits per heavy atom. The van der Waals surface area contributed by atoms with Crippen molar-refractivity contribution in [2.75, 3.05) is 6.54 Å². The molecule has 3 rings (SSSR count). The first kappa shape index (κ1) is 15.9. The Labute approximate surface area is 138 Å². The van der Waals surface area contributed by atoms with Gasteiger partial charge in [-0.3, -0.25) is 4.79 Å². The molecule has 1 heterocycles. The van der Waals surface area contributed by atoms with Gasteiger partial charge in [0.05, 0.1) is 6.42 Å². The van der Waals surface area contributed by atoms with Crippen molar-refractivity contribution in [3.05, 3.63) is 71.9 Å². The molecule has 0 bridgehead atoms. The second-order valence-corrected chi connectivity index (χ2v) is 5.27. The molecule has 0 spiro atoms. The molecule has 1 N–H and O–H groups in total. The zero-order chi connectivity index (χ0) is 16.8. The Hall–Kier alpha value is -3.02. The predicted octanol–water partition coefficient (Wildman–Crippen LogP) is 2.78. The first-order valence-electron chi connectivity index (χ1n) is 7.59. The normalized spacial score (nSPS) is 10.5. The summed E-state index contributed by atoms with van der Waals surface area (Å²) in [5.74, 6) is 0.383. The minimum Gasteiger partial charge on any atom is -0.421 e. The van der Waals surface area contributed by atoms with E-state index in [1.165, 1.54) is 12.1 Å². The van der Waals surface area contributed by atoms with Crippen LogP contribution in [-0.2, 0) is 17.6 Å². The molecule has 3 aromatic rings. The van der Waals surface area contributed by atoms with E-state index in [4.69, 9.17) is 4.42 Å². The van der Waals surface area contributed by atoms with Gasteiger partial charge < -0.3 is 9.73 Å². The molecule has 122 valence electrons. The van der Waals surface area contributed by atoms with Crippen LogP contribution in [0, 0.1) is 5.82 Å². The third kappa shape index (κ3) is 4.25. The van der Waals surface area contributed by atoms with E-state index in [0.29, 0.717) is 36.7 Å². The zero-order valence-electron chi connectivity index (χ0n) is 12.9. The molecule has 0 fully saturated rings. The lowest BCUT2D eigenvalue weighted by Gasteiger charge is -2.03. The first-order chi connectivity index (χ1) is 11.7. The molecule has 1 aromatic heterocycles. The summed E-state index contributed by atoms with van der Waals surface area (Å²) in [6, 6.07) is 15.4. The smallest absolute Gasteiger partial charge is 0.247 e. The van der Waals surface area contributed by atoms with Crippen molar-refractivity contribution in [1.29, 1.82) is 0 Å². The number of carbonyl (C=O) groups is 1. The Bertz CT molecular complexity index is 801. The van der Waals surface area contributed by atoms with Gasteiger partial charge in [0, 0.05) is 18.5 Å². The SMILES string of the molecule is O=C(Cc1ccccc1)NCCc1nnc(-c2ccc(F)cc2)o1. The minimum atomic E-state index is -0.320. The highest BCUT2D eigenvalue weighted by Crippen LogP contribution is 2.18. The monoisotopic (exact) mass is 325 g/mol. The number of hydrogen-bond acceptors (Lipinski definition) is 4. The summed E-state index contributed by atoms with van der Waals surface area (Å²) in [6.07, 6.45) is 0.778. The van der Waals surface area contributed by atoms with Gasteiger partial charge in [-0.05, 0) is 29.8 Å². The van der Waals surface area contributed by atoms with Crippen LogP contribution in [0.2, 0.25) is 0 Å². The summed E-state index contributed by atoms with van der Waals surface area (Å²) in [5.41, 5.74) is 1.62. The first-order valence-corrected chi connectivity index (χ1v) is 7.59. The Balaban J connectivity index is 1.49. The molecule has 1 amide bonds. The molecule has 0 aliphatic heterocycles. The average molecular weight is 325 g/mol. The number of aromatic nitrogens is 2. The molecule has 0 unspecified atom stereocenters. The minimum absolute atomic E-state index is 0.0560. The van der Waals surface area contributed by atoms with E-state index in [1.54, 1.807) is 12.1 Å². The number of nitrogens with zero attached hydrogens (tertiary/aromatic N) is 2. The maximum Gasteiger partial charge on any atom is 0.247 e. The number of hydrogen-bond donors (Lipinski definition) is 1. The predicted molar refractivity (Wildman–Crippen MR) is 86.6 cm³/mol. The van der Waals surface area contributed by atoms with Crippen molar-refractivity contribution in [3.63, 3.8) is 0 Å². The van der Waals surface area contributed by atoms with Gasteiger partial charge in [-0.2, -0.15) is 0 Å². The lowest BCUT2D eigenvalue weighted by atomic mass is 10.1. The molecule has 0 radical (unpaired) electrons. The highest BCUT2D eigenvalue weighted by molar-refractivity contribution is 5.78. The standard InChI is InChI=1S/C18H16FN3O2/c19-15-8-6-14(7-9-15)18-22-21-17(24-18)10-11-20-16(23)12-13-4-2-1-3-5-13/h1-9H,10-12H2,(H,20,23). The molecule has 0 saturated carbocycles. The fourth-order valence-electron chi connectivity index (χ4n) is 2.22. The van der Waals surface area contributed by atoms with Crippen molar-refractivity contribution in [2.24, 2.45) is 0 Å². The van der Waals surface area contributed by atoms with Crippen LogP contribution in [0.4, 0.5) is 4.39 Å². The van der Waals surface area contributed by atoms with Crippen LogP contribution in [0.1, 0.15) is 11.5 Å². The van der Waals surface area contributed by atoms with Gasteiger partial charge in [-0.15, -0.1) is 10.2 Å². The van der Waals surface area contributed by atoms with E-state index < -0.39 is 0 Å². The number of rotatable bonds is 6. The molecule has 0 aliphatic rings. The van der Waals surface area contributed by atoms with Crippen LogP contribution < -0.4 is 5.32 Å². The zero-order valence-corrected chi connectivity index (χ0v) is 12.9. The van der Waals surface area contributed by atoms with Crippen molar-refractivity contribution in [2.45, 2.75) is 12.8 Å². The van der Waals surface area contributed by atoms with Gasteiger partial charge in [0.1, 0.15) is 5.82 Å². The largest absolute Gasteiger partial charge is 0.421 e. The van der Waals surface area contributed by atoms with E-state index >= 15 is 0 Å². The molecule has 24 heavy (non-hydrogen) atoms. The molecular formula is C18H16FN3O2. The van der Waals surface area contributed by atoms with E-state index in [-0.39, 0.29) is 11.7 Å². The van der Waals surface area contributed by atoms with Crippen molar-refractivity contribution in [1.82, 2.24) is 15.5 Å². The van der Waals surface area contributed by atoms with Crippen LogP contribution in [0.25, 0.3) is 11.5 Å². The lowest BCUT2D eigenvalue weighted by Crippen LogP contribution is -2.27. The van der Waals surface area contributed by atoms with E-state index in [2.05, 4.69) is 15.5 Å². The maximum absolute atomic E-state index is 12.9. The summed E-state index contributed by atoms with van der Waals surface area (Å²) in [5, 5.41) is 10.7. The maximum atomic E-state index is 12.9. The summed E-state index contributed by atoms with van der Waals surface area (Å²) in [7, 11) is 0. The van der Waals surface area contributed by atoms with Crippen molar-refractivity contribution >= 4 is 5.91 Å². The molecule has 0 aliphatic carbocycles. The average Bonchev–Trinajstić information content (AvgIpc) is 3.05. The van der Waals surface area contributed by atoms with Crippen LogP contribution >= 0.6 is 0 Å². The summed E-state index contributed by atoms with van der Waals surface area (Å²) in [6.45, 7) is 0.413. The molecule has 0 saturated heterocycles. The number of benzene rings is 2. The Morgan fingerprint density at radius 3 is 2.54 bits per heavy atom. The van der Waals surface area contributed by atoms with Gasteiger partial charge in [-0.1, -0.05) is 30.3 Å². The summed E-state index contributed by atoms with van der Waals surface area (Å²) >= 11 is 0. The number of nitrogens with one attached hydrogen (secondary N) is 1. The fourth-order valence-corrected chi connectivity index (χ4v) is 2.22. The highest BCUT2D eigenvalue weighted by atomic mass is 19.1. The van der Waals surface area contributed by atoms with Crippen molar-refractivity contribution in [3.8, 4) is 11.5 Å². The van der Waals surface area contributed by atoms with Gasteiger partial charge >= 0.3 is 0 Å². The van der Waals surface area contributed by atoms with Gasteiger partial charge in [0.15, 0.2) is 0 Å². The molecular weight excluding hydrogens is 309 g/mol. The molecule has 5 nitrogen and oxygen atoms in total. The van der Waals surface area contributed by atoms with Crippen LogP contribution in [0.15, 0.2) is 59.0 Å². The third-order valence-corrected chi connectivity index (χ3v) is 3.43. The van der Waals surface area contributed by atoms with Crippen molar-refractivity contribution < 1.29 is 13.6 Å². The second kappa shape index (κ2) is 7.50. The molecule has 6 heteroatoms. The second-order valence-electron chi connectivity index (χ2n) is 5.27. The van der Waals surface area contributed by atoms with Gasteiger partial charge in [0.25, 0.3) is 0 Å². The molecule has 0 atom stereocenters. The van der Waals surface area contributed by atoms with Gasteiger partial charge in [-0.25, -0.2) is 4.39 Å². The number of halogens is 1. The van der Waals surface area contributed by atoms with E-state index in [1.807, 2.05) is 30.3 Å². The van der Waals surface area contributed by atoms with E-state index in [0.717, 1.165) is 5.56 Å². The molecule has 2 aromatic carbocycles. The van der Waals surface area contributed by atoms with Crippen LogP contribution in [0.3, 0.4) is 0 Å². The van der Waals surface area contributed by atoms with Crippen LogP contribution in [0.5, 0.6) is 0 Å². The summed E-state index contributed by atoms with van der Waals surface area (Å²) in [4.78, 5) is 11.8. The van der Waals surface area contributed by atoms with Gasteiger partial charge in [0.2, 0.25) is 17.7 Å². The summed E-state index contributed by atoms with van der Waals surface area (Å²) < 4.78 is 18.4. The van der Waals surface area contributed by atoms with Crippen LogP contribution in [-0.4, -0.2) is 22.6 Å². The number of carbonyl (C=O) groups excluding carboxylic acids is 1. The third-order valence-electron chi connectivity index (χ3n) is 3.43. The number of amides is 1. The fraction of sp³-hybridized carbons (Fsp3) is 0.167. The Kier molecular flexibility index (Phi) is 4.96. The Morgan fingerprint density at radius 1 is 1.04 bits per heavy atom. The quantitative estimate of drug-likeness (QED) is 0.757. The topological polar surface area (TPSA) is 68.0 Å². The van der Waals surface area contributed by atoms with E-state index in [9.17, 15) is 9.18 Å².